The van der Waals surface area contributed by atoms with E-state index in [4.69, 9.17) is 16.1 Å². The Morgan fingerprint density at radius 3 is 2.89 bits per heavy atom. The quantitative estimate of drug-likeness (QED) is 0.796. The minimum absolute atomic E-state index is 0.659. The van der Waals surface area contributed by atoms with E-state index in [9.17, 15) is 0 Å². The molecule has 19 heavy (non-hydrogen) atoms. The van der Waals surface area contributed by atoms with E-state index in [0.717, 1.165) is 22.8 Å². The number of aryl methyl sites for hydroxylation is 1. The Bertz CT molecular complexity index is 704. The van der Waals surface area contributed by atoms with Crippen molar-refractivity contribution in [1.29, 1.82) is 0 Å². The van der Waals surface area contributed by atoms with Crippen molar-refractivity contribution in [2.24, 2.45) is 0 Å². The van der Waals surface area contributed by atoms with Crippen molar-refractivity contribution in [1.82, 2.24) is 19.9 Å². The standard InChI is InChI=1S/C13H13ClN4O/c1-9-4-11(17-19-9)5-15-6-12-8-18-7-10(14)2-3-13(18)16-12/h2-4,7-8,15H,5-6H2,1H3. The Morgan fingerprint density at radius 1 is 1.26 bits per heavy atom. The number of aromatic nitrogens is 3. The number of fused-ring (bicyclic) bond motifs is 1. The first kappa shape index (κ1) is 12.2. The Hall–Kier alpha value is -1.85. The summed E-state index contributed by atoms with van der Waals surface area (Å²) in [7, 11) is 0. The highest BCUT2D eigenvalue weighted by atomic mass is 35.5. The molecule has 0 atom stereocenters. The van der Waals surface area contributed by atoms with E-state index in [1.807, 2.05) is 41.9 Å². The molecular formula is C13H13ClN4O. The molecule has 0 fully saturated rings. The Balaban J connectivity index is 1.65. The van der Waals surface area contributed by atoms with Crippen molar-refractivity contribution in [3.05, 3.63) is 52.8 Å². The molecular weight excluding hydrogens is 264 g/mol. The van der Waals surface area contributed by atoms with Gasteiger partial charge in [0.1, 0.15) is 11.4 Å². The summed E-state index contributed by atoms with van der Waals surface area (Å²) >= 11 is 5.93. The van der Waals surface area contributed by atoms with E-state index in [0.29, 0.717) is 18.1 Å². The van der Waals surface area contributed by atoms with Crippen LogP contribution in [0.1, 0.15) is 17.1 Å². The average Bonchev–Trinajstić information content (AvgIpc) is 2.95. The second-order valence-electron chi connectivity index (χ2n) is 4.38. The highest BCUT2D eigenvalue weighted by Crippen LogP contribution is 2.11. The van der Waals surface area contributed by atoms with Crippen molar-refractivity contribution in [3.8, 4) is 0 Å². The molecule has 0 radical (unpaired) electrons. The van der Waals surface area contributed by atoms with Crippen molar-refractivity contribution < 1.29 is 4.52 Å². The van der Waals surface area contributed by atoms with E-state index < -0.39 is 0 Å². The molecule has 0 saturated carbocycles. The first-order valence-electron chi connectivity index (χ1n) is 5.97. The molecule has 0 aliphatic carbocycles. The SMILES string of the molecule is Cc1cc(CNCc2cn3cc(Cl)ccc3n2)no1. The molecule has 98 valence electrons. The molecule has 0 aliphatic heterocycles. The van der Waals surface area contributed by atoms with Crippen LogP contribution in [-0.2, 0) is 13.1 Å². The lowest BCUT2D eigenvalue weighted by molar-refractivity contribution is 0.388. The Morgan fingerprint density at radius 2 is 2.11 bits per heavy atom. The third-order valence-electron chi connectivity index (χ3n) is 2.75. The van der Waals surface area contributed by atoms with Gasteiger partial charge in [0, 0.05) is 31.5 Å². The molecule has 0 saturated heterocycles. The van der Waals surface area contributed by atoms with Crippen LogP contribution in [0.15, 0.2) is 35.1 Å². The number of hydrogen-bond donors (Lipinski definition) is 1. The summed E-state index contributed by atoms with van der Waals surface area (Å²) in [5.74, 6) is 0.819. The van der Waals surface area contributed by atoms with E-state index in [-0.39, 0.29) is 0 Å². The highest BCUT2D eigenvalue weighted by molar-refractivity contribution is 6.30. The maximum atomic E-state index is 5.93. The zero-order valence-corrected chi connectivity index (χ0v) is 11.2. The number of imidazole rings is 1. The fourth-order valence-corrected chi connectivity index (χ4v) is 2.09. The Kier molecular flexibility index (Phi) is 3.23. The molecule has 5 nitrogen and oxygen atoms in total. The lowest BCUT2D eigenvalue weighted by Gasteiger charge is -1.97. The molecule has 0 aromatic carbocycles. The summed E-state index contributed by atoms with van der Waals surface area (Å²) in [6.45, 7) is 3.21. The first-order chi connectivity index (χ1) is 9.20. The van der Waals surface area contributed by atoms with Gasteiger partial charge >= 0.3 is 0 Å². The topological polar surface area (TPSA) is 55.4 Å². The van der Waals surface area contributed by atoms with Gasteiger partial charge in [0.2, 0.25) is 0 Å². The fourth-order valence-electron chi connectivity index (χ4n) is 1.92. The lowest BCUT2D eigenvalue weighted by Crippen LogP contribution is -2.13. The minimum atomic E-state index is 0.659. The van der Waals surface area contributed by atoms with Crippen LogP contribution in [0.4, 0.5) is 0 Å². The van der Waals surface area contributed by atoms with Gasteiger partial charge in [-0.2, -0.15) is 0 Å². The molecule has 0 spiro atoms. The van der Waals surface area contributed by atoms with Gasteiger partial charge < -0.3 is 14.2 Å². The van der Waals surface area contributed by atoms with E-state index in [2.05, 4.69) is 15.5 Å². The number of nitrogens with zero attached hydrogens (tertiary/aromatic N) is 3. The second kappa shape index (κ2) is 5.03. The number of hydrogen-bond acceptors (Lipinski definition) is 4. The molecule has 0 amide bonds. The lowest BCUT2D eigenvalue weighted by atomic mass is 10.3. The van der Waals surface area contributed by atoms with Gasteiger partial charge in [-0.1, -0.05) is 16.8 Å². The normalized spacial score (nSPS) is 11.3. The van der Waals surface area contributed by atoms with Gasteiger partial charge in [-0.15, -0.1) is 0 Å². The van der Waals surface area contributed by atoms with Crippen LogP contribution in [-0.4, -0.2) is 14.5 Å². The van der Waals surface area contributed by atoms with Gasteiger partial charge in [0.05, 0.1) is 16.4 Å². The smallest absolute Gasteiger partial charge is 0.137 e. The van der Waals surface area contributed by atoms with Crippen molar-refractivity contribution in [3.63, 3.8) is 0 Å². The summed E-state index contributed by atoms with van der Waals surface area (Å²) < 4.78 is 6.92. The summed E-state index contributed by atoms with van der Waals surface area (Å²) in [6, 6.07) is 5.64. The second-order valence-corrected chi connectivity index (χ2v) is 4.81. The molecule has 3 aromatic rings. The minimum Gasteiger partial charge on any atom is -0.361 e. The van der Waals surface area contributed by atoms with Crippen LogP contribution < -0.4 is 5.32 Å². The van der Waals surface area contributed by atoms with Crippen molar-refractivity contribution in [2.45, 2.75) is 20.0 Å². The van der Waals surface area contributed by atoms with Crippen LogP contribution in [0.25, 0.3) is 5.65 Å². The highest BCUT2D eigenvalue weighted by Gasteiger charge is 2.03. The van der Waals surface area contributed by atoms with Crippen LogP contribution in [0, 0.1) is 6.92 Å². The zero-order valence-electron chi connectivity index (χ0n) is 10.4. The van der Waals surface area contributed by atoms with Gasteiger partial charge in [-0.05, 0) is 19.1 Å². The summed E-state index contributed by atoms with van der Waals surface area (Å²) in [4.78, 5) is 4.49. The van der Waals surface area contributed by atoms with Crippen molar-refractivity contribution in [2.75, 3.05) is 0 Å². The molecule has 0 bridgehead atoms. The molecule has 3 aromatic heterocycles. The largest absolute Gasteiger partial charge is 0.361 e. The van der Waals surface area contributed by atoms with E-state index >= 15 is 0 Å². The molecule has 0 aliphatic rings. The predicted molar refractivity (Wildman–Crippen MR) is 72.0 cm³/mol. The number of rotatable bonds is 4. The molecule has 0 unspecified atom stereocenters. The maximum absolute atomic E-state index is 5.93. The summed E-state index contributed by atoms with van der Waals surface area (Å²) in [5.41, 5.74) is 2.74. The predicted octanol–water partition coefficient (Wildman–Crippen LogP) is 2.57. The number of pyridine rings is 1. The summed E-state index contributed by atoms with van der Waals surface area (Å²) in [5, 5.41) is 7.89. The fraction of sp³-hybridized carbons (Fsp3) is 0.231. The first-order valence-corrected chi connectivity index (χ1v) is 6.34. The number of nitrogens with one attached hydrogen (secondary N) is 1. The van der Waals surface area contributed by atoms with Gasteiger partial charge in [-0.3, -0.25) is 0 Å². The van der Waals surface area contributed by atoms with Gasteiger partial charge in [-0.25, -0.2) is 4.98 Å². The summed E-state index contributed by atoms with van der Waals surface area (Å²) in [6.07, 6.45) is 3.80. The third-order valence-corrected chi connectivity index (χ3v) is 2.98. The van der Waals surface area contributed by atoms with Crippen LogP contribution in [0.5, 0.6) is 0 Å². The molecule has 3 rings (SSSR count). The van der Waals surface area contributed by atoms with Crippen molar-refractivity contribution >= 4 is 17.2 Å². The average molecular weight is 277 g/mol. The van der Waals surface area contributed by atoms with E-state index in [1.165, 1.54) is 0 Å². The molecule has 3 heterocycles. The molecule has 6 heteroatoms. The monoisotopic (exact) mass is 276 g/mol. The zero-order chi connectivity index (χ0) is 13.2. The van der Waals surface area contributed by atoms with Crippen LogP contribution in [0.3, 0.4) is 0 Å². The third kappa shape index (κ3) is 2.77. The van der Waals surface area contributed by atoms with Crippen LogP contribution in [0.2, 0.25) is 5.02 Å². The number of halogens is 1. The van der Waals surface area contributed by atoms with Crippen LogP contribution >= 0.6 is 11.6 Å². The molecule has 1 N–H and O–H groups in total. The van der Waals surface area contributed by atoms with Gasteiger partial charge in [0.15, 0.2) is 0 Å². The van der Waals surface area contributed by atoms with Gasteiger partial charge in [0.25, 0.3) is 0 Å². The van der Waals surface area contributed by atoms with E-state index in [1.54, 1.807) is 0 Å². The maximum Gasteiger partial charge on any atom is 0.137 e. The Labute approximate surface area is 115 Å².